The fourth-order valence-electron chi connectivity index (χ4n) is 1.60. The molecular formula is C12H21NOS. The van der Waals surface area contributed by atoms with Gasteiger partial charge in [0.15, 0.2) is 0 Å². The van der Waals surface area contributed by atoms with Crippen LogP contribution in [0.2, 0.25) is 0 Å². The smallest absolute Gasteiger partial charge is 0.0615 e. The number of methoxy groups -OCH3 is 1. The van der Waals surface area contributed by atoms with E-state index < -0.39 is 0 Å². The van der Waals surface area contributed by atoms with Gasteiger partial charge in [-0.25, -0.2) is 0 Å². The molecule has 0 aliphatic rings. The number of hydrogen-bond acceptors (Lipinski definition) is 3. The third kappa shape index (κ3) is 3.93. The van der Waals surface area contributed by atoms with Crippen LogP contribution in [0.3, 0.4) is 0 Å². The molecule has 1 N–H and O–H groups in total. The molecule has 1 atom stereocenters. The summed E-state index contributed by atoms with van der Waals surface area (Å²) in [5.74, 6) is 0. The van der Waals surface area contributed by atoms with E-state index in [1.807, 2.05) is 11.3 Å². The van der Waals surface area contributed by atoms with Gasteiger partial charge in [0, 0.05) is 24.6 Å². The molecule has 0 saturated carbocycles. The Balaban J connectivity index is 2.41. The van der Waals surface area contributed by atoms with Crippen LogP contribution in [0.25, 0.3) is 0 Å². The van der Waals surface area contributed by atoms with E-state index in [4.69, 9.17) is 4.74 Å². The van der Waals surface area contributed by atoms with Gasteiger partial charge < -0.3 is 10.1 Å². The third-order valence-corrected chi connectivity index (χ3v) is 3.59. The summed E-state index contributed by atoms with van der Waals surface area (Å²) in [6, 6.07) is 2.70. The van der Waals surface area contributed by atoms with Crippen LogP contribution in [-0.4, -0.2) is 19.8 Å². The van der Waals surface area contributed by atoms with Gasteiger partial charge in [0.25, 0.3) is 0 Å². The molecule has 0 bridgehead atoms. The van der Waals surface area contributed by atoms with E-state index in [2.05, 4.69) is 30.6 Å². The highest BCUT2D eigenvalue weighted by Gasteiger charge is 2.07. The molecular weight excluding hydrogens is 206 g/mol. The van der Waals surface area contributed by atoms with Gasteiger partial charge in [-0.3, -0.25) is 0 Å². The minimum Gasteiger partial charge on any atom is -0.383 e. The van der Waals surface area contributed by atoms with E-state index in [1.54, 1.807) is 7.11 Å². The molecule has 15 heavy (non-hydrogen) atoms. The molecule has 1 rings (SSSR count). The zero-order valence-electron chi connectivity index (χ0n) is 9.88. The Kier molecular flexibility index (Phi) is 5.91. The number of nitrogens with one attached hydrogen (secondary N) is 1. The number of aryl methyl sites for hydroxylation is 1. The lowest BCUT2D eigenvalue weighted by molar-refractivity contribution is 0.164. The van der Waals surface area contributed by atoms with Gasteiger partial charge in [0.2, 0.25) is 0 Å². The molecule has 0 aromatic carbocycles. The lowest BCUT2D eigenvalue weighted by Crippen LogP contribution is -2.31. The monoisotopic (exact) mass is 227 g/mol. The lowest BCUT2D eigenvalue weighted by Gasteiger charge is -2.15. The normalized spacial score (nSPS) is 13.0. The fraction of sp³-hybridized carbons (Fsp3) is 0.667. The molecule has 2 nitrogen and oxygen atoms in total. The Morgan fingerprint density at radius 3 is 2.87 bits per heavy atom. The molecule has 1 aromatic rings. The quantitative estimate of drug-likeness (QED) is 0.773. The first-order chi connectivity index (χ1) is 7.31. The molecule has 0 aliphatic carbocycles. The molecule has 0 spiro atoms. The van der Waals surface area contributed by atoms with Crippen molar-refractivity contribution in [1.29, 1.82) is 0 Å². The molecule has 1 unspecified atom stereocenters. The van der Waals surface area contributed by atoms with Gasteiger partial charge in [0.1, 0.15) is 0 Å². The van der Waals surface area contributed by atoms with Crippen LogP contribution in [0.4, 0.5) is 0 Å². The molecule has 0 aliphatic heterocycles. The summed E-state index contributed by atoms with van der Waals surface area (Å²) < 4.78 is 5.16. The van der Waals surface area contributed by atoms with Gasteiger partial charge in [-0.1, -0.05) is 13.8 Å². The predicted molar refractivity (Wildman–Crippen MR) is 66.5 cm³/mol. The highest BCUT2D eigenvalue weighted by Crippen LogP contribution is 2.17. The first-order valence-corrected chi connectivity index (χ1v) is 6.47. The molecule has 0 radical (unpaired) electrons. The van der Waals surface area contributed by atoms with Crippen LogP contribution >= 0.6 is 11.3 Å². The van der Waals surface area contributed by atoms with E-state index >= 15 is 0 Å². The van der Waals surface area contributed by atoms with Crippen LogP contribution in [0.15, 0.2) is 11.4 Å². The summed E-state index contributed by atoms with van der Waals surface area (Å²) in [6.45, 7) is 6.16. The molecule has 1 aromatic heterocycles. The summed E-state index contributed by atoms with van der Waals surface area (Å²) >= 11 is 1.84. The van der Waals surface area contributed by atoms with Crippen molar-refractivity contribution in [1.82, 2.24) is 5.32 Å². The molecule has 0 fully saturated rings. The van der Waals surface area contributed by atoms with Crippen molar-refractivity contribution in [2.24, 2.45) is 0 Å². The molecule has 1 heterocycles. The maximum absolute atomic E-state index is 5.16. The number of hydrogen-bond donors (Lipinski definition) is 1. The Hall–Kier alpha value is -0.380. The third-order valence-electron chi connectivity index (χ3n) is 2.63. The van der Waals surface area contributed by atoms with Crippen LogP contribution < -0.4 is 5.32 Å². The average Bonchev–Trinajstić information content (AvgIpc) is 2.71. The summed E-state index contributed by atoms with van der Waals surface area (Å²) in [5, 5.41) is 5.71. The largest absolute Gasteiger partial charge is 0.383 e. The lowest BCUT2D eigenvalue weighted by atomic mass is 10.2. The second-order valence-corrected chi connectivity index (χ2v) is 4.66. The average molecular weight is 227 g/mol. The topological polar surface area (TPSA) is 21.3 Å². The van der Waals surface area contributed by atoms with E-state index in [9.17, 15) is 0 Å². The number of ether oxygens (including phenoxy) is 1. The van der Waals surface area contributed by atoms with Gasteiger partial charge in [0.05, 0.1) is 6.61 Å². The highest BCUT2D eigenvalue weighted by molar-refractivity contribution is 7.10. The van der Waals surface area contributed by atoms with Gasteiger partial charge >= 0.3 is 0 Å². The summed E-state index contributed by atoms with van der Waals surface area (Å²) in [6.07, 6.45) is 2.24. The van der Waals surface area contributed by atoms with Crippen LogP contribution in [0.5, 0.6) is 0 Å². The number of thiophene rings is 1. The summed E-state index contributed by atoms with van der Waals surface area (Å²) in [4.78, 5) is 1.46. The molecule has 86 valence electrons. The first kappa shape index (κ1) is 12.7. The fourth-order valence-corrected chi connectivity index (χ4v) is 2.52. The van der Waals surface area contributed by atoms with Crippen molar-refractivity contribution in [3.8, 4) is 0 Å². The Bertz CT molecular complexity index is 272. The first-order valence-electron chi connectivity index (χ1n) is 5.59. The minimum atomic E-state index is 0.474. The minimum absolute atomic E-state index is 0.474. The molecule has 0 saturated heterocycles. The standard InChI is InChI=1S/C12H21NOS/c1-4-10-6-7-15-12(10)8-13-11(5-2)9-14-3/h6-7,11,13H,4-5,8-9H2,1-3H3. The maximum Gasteiger partial charge on any atom is 0.0615 e. The highest BCUT2D eigenvalue weighted by atomic mass is 32.1. The van der Waals surface area contributed by atoms with E-state index in [0.29, 0.717) is 6.04 Å². The number of rotatable bonds is 7. The second kappa shape index (κ2) is 6.99. The Morgan fingerprint density at radius 1 is 1.47 bits per heavy atom. The van der Waals surface area contributed by atoms with Crippen molar-refractivity contribution >= 4 is 11.3 Å². The predicted octanol–water partition coefficient (Wildman–Crippen LogP) is 2.83. The summed E-state index contributed by atoms with van der Waals surface area (Å²) in [7, 11) is 1.76. The van der Waals surface area contributed by atoms with E-state index in [-0.39, 0.29) is 0 Å². The summed E-state index contributed by atoms with van der Waals surface area (Å²) in [5.41, 5.74) is 1.47. The van der Waals surface area contributed by atoms with Crippen LogP contribution in [0, 0.1) is 0 Å². The van der Waals surface area contributed by atoms with E-state index in [1.165, 1.54) is 10.4 Å². The maximum atomic E-state index is 5.16. The van der Waals surface area contributed by atoms with Gasteiger partial charge in [-0.15, -0.1) is 11.3 Å². The van der Waals surface area contributed by atoms with E-state index in [0.717, 1.165) is 26.0 Å². The second-order valence-electron chi connectivity index (χ2n) is 3.66. The van der Waals surface area contributed by atoms with Crippen LogP contribution in [0.1, 0.15) is 30.7 Å². The van der Waals surface area contributed by atoms with Crippen molar-refractivity contribution in [3.05, 3.63) is 21.9 Å². The molecule has 0 amide bonds. The van der Waals surface area contributed by atoms with Crippen molar-refractivity contribution in [2.45, 2.75) is 39.3 Å². The molecule has 3 heteroatoms. The zero-order chi connectivity index (χ0) is 11.1. The van der Waals surface area contributed by atoms with Crippen molar-refractivity contribution in [2.75, 3.05) is 13.7 Å². The van der Waals surface area contributed by atoms with Crippen molar-refractivity contribution in [3.63, 3.8) is 0 Å². The Morgan fingerprint density at radius 2 is 2.27 bits per heavy atom. The van der Waals surface area contributed by atoms with Crippen molar-refractivity contribution < 1.29 is 4.74 Å². The van der Waals surface area contributed by atoms with Gasteiger partial charge in [-0.05, 0) is 29.9 Å². The Labute approximate surface area is 96.7 Å². The SMILES string of the molecule is CCc1ccsc1CNC(CC)COC. The van der Waals surface area contributed by atoms with Crippen LogP contribution in [-0.2, 0) is 17.7 Å². The zero-order valence-corrected chi connectivity index (χ0v) is 10.7. The van der Waals surface area contributed by atoms with Gasteiger partial charge in [-0.2, -0.15) is 0 Å².